The molecule has 0 spiro atoms. The maximum absolute atomic E-state index is 12.8. The normalized spacial score (nSPS) is 15.1. The number of nitrogens with zero attached hydrogens (tertiary/aromatic N) is 2. The van der Waals surface area contributed by atoms with E-state index in [4.69, 9.17) is 13.9 Å². The number of fused-ring (bicyclic) bond motifs is 1. The van der Waals surface area contributed by atoms with E-state index in [2.05, 4.69) is 20.9 Å². The molecule has 0 N–H and O–H groups in total. The Morgan fingerprint density at radius 2 is 2.00 bits per heavy atom. The molecule has 0 aliphatic carbocycles. The van der Waals surface area contributed by atoms with Crippen molar-refractivity contribution in [1.29, 1.82) is 0 Å². The smallest absolute Gasteiger partial charge is 0.394 e. The molecule has 0 saturated carbocycles. The number of halogens is 1. The second-order valence-electron chi connectivity index (χ2n) is 6.40. The number of methoxy groups -OCH3 is 1. The van der Waals surface area contributed by atoms with Crippen LogP contribution < -0.4 is 9.47 Å². The number of ether oxygens (including phenoxy) is 2. The molecule has 1 aliphatic heterocycles. The highest BCUT2D eigenvalue weighted by atomic mass is 79.9. The van der Waals surface area contributed by atoms with E-state index in [1.54, 1.807) is 13.2 Å². The first kappa shape index (κ1) is 17.9. The van der Waals surface area contributed by atoms with Gasteiger partial charge in [-0.2, -0.15) is 4.98 Å². The first-order valence-electron chi connectivity index (χ1n) is 8.79. The van der Waals surface area contributed by atoms with Crippen molar-refractivity contribution in [1.82, 2.24) is 9.88 Å². The number of amides is 1. The Balaban J connectivity index is 1.39. The van der Waals surface area contributed by atoms with Gasteiger partial charge in [0.25, 0.3) is 5.91 Å². The van der Waals surface area contributed by atoms with E-state index in [-0.39, 0.29) is 18.1 Å². The molecule has 140 valence electrons. The highest BCUT2D eigenvalue weighted by Crippen LogP contribution is 2.27. The topological polar surface area (TPSA) is 64.8 Å². The summed E-state index contributed by atoms with van der Waals surface area (Å²) in [6.07, 6.45) is 1.73. The molecule has 0 atom stereocenters. The lowest BCUT2D eigenvalue weighted by atomic mass is 10.1. The Labute approximate surface area is 165 Å². The number of aromatic nitrogens is 1. The van der Waals surface area contributed by atoms with Crippen molar-refractivity contribution >= 4 is 32.9 Å². The summed E-state index contributed by atoms with van der Waals surface area (Å²) < 4.78 is 17.5. The van der Waals surface area contributed by atoms with Crippen LogP contribution in [0.25, 0.3) is 11.1 Å². The molecule has 1 amide bonds. The molecule has 1 aliphatic rings. The Morgan fingerprint density at radius 3 is 2.74 bits per heavy atom. The number of hydrogen-bond donors (Lipinski definition) is 0. The number of hydrogen-bond acceptors (Lipinski definition) is 5. The maximum Gasteiger partial charge on any atom is 0.394 e. The van der Waals surface area contributed by atoms with Gasteiger partial charge in [-0.15, -0.1) is 0 Å². The lowest BCUT2D eigenvalue weighted by Gasteiger charge is -2.31. The lowest BCUT2D eigenvalue weighted by molar-refractivity contribution is 0.0535. The molecule has 0 bridgehead atoms. The van der Waals surface area contributed by atoms with Gasteiger partial charge in [0.1, 0.15) is 17.4 Å². The Hall–Kier alpha value is -2.54. The number of benzene rings is 2. The molecule has 1 saturated heterocycles. The summed E-state index contributed by atoms with van der Waals surface area (Å²) in [5, 5.41) is 0. The molecule has 2 aromatic carbocycles. The van der Waals surface area contributed by atoms with Gasteiger partial charge in [-0.1, -0.05) is 12.1 Å². The van der Waals surface area contributed by atoms with Gasteiger partial charge in [0.05, 0.1) is 12.7 Å². The first-order chi connectivity index (χ1) is 13.1. The molecule has 3 aromatic rings. The minimum Gasteiger partial charge on any atom is -0.497 e. The van der Waals surface area contributed by atoms with Crippen molar-refractivity contribution in [3.05, 3.63) is 52.5 Å². The fourth-order valence-electron chi connectivity index (χ4n) is 3.19. The molecular weight excluding hydrogens is 412 g/mol. The van der Waals surface area contributed by atoms with E-state index < -0.39 is 0 Å². The van der Waals surface area contributed by atoms with Crippen LogP contribution in [0.2, 0.25) is 0 Å². The molecule has 27 heavy (non-hydrogen) atoms. The summed E-state index contributed by atoms with van der Waals surface area (Å²) in [5.41, 5.74) is 2.10. The summed E-state index contributed by atoms with van der Waals surface area (Å²) in [5.74, 6) is 0.650. The van der Waals surface area contributed by atoms with Gasteiger partial charge < -0.3 is 18.8 Å². The van der Waals surface area contributed by atoms with Crippen LogP contribution in [-0.4, -0.2) is 42.1 Å². The van der Waals surface area contributed by atoms with Crippen molar-refractivity contribution < 1.29 is 18.7 Å². The summed E-state index contributed by atoms with van der Waals surface area (Å²) in [7, 11) is 1.59. The number of carbonyl (C=O) groups excluding carboxylic acids is 1. The number of carbonyl (C=O) groups is 1. The van der Waals surface area contributed by atoms with Crippen molar-refractivity contribution in [3.63, 3.8) is 0 Å². The first-order valence-corrected chi connectivity index (χ1v) is 9.58. The quantitative estimate of drug-likeness (QED) is 0.617. The summed E-state index contributed by atoms with van der Waals surface area (Å²) in [4.78, 5) is 19.0. The standard InChI is InChI=1S/C20H19BrN2O4/c1-25-14-6-7-16(21)15(12-14)19(24)23-10-8-13(9-11-23)26-20-22-17-4-2-3-5-18(17)27-20/h2-7,12-13H,8-11H2,1H3. The van der Waals surface area contributed by atoms with Crippen LogP contribution in [-0.2, 0) is 0 Å². The predicted molar refractivity (Wildman–Crippen MR) is 104 cm³/mol. The highest BCUT2D eigenvalue weighted by molar-refractivity contribution is 9.10. The van der Waals surface area contributed by atoms with Crippen LogP contribution in [0.5, 0.6) is 11.8 Å². The summed E-state index contributed by atoms with van der Waals surface area (Å²) >= 11 is 3.45. The third kappa shape index (κ3) is 3.78. The third-order valence-electron chi connectivity index (χ3n) is 4.67. The average molecular weight is 431 g/mol. The van der Waals surface area contributed by atoms with E-state index in [1.165, 1.54) is 0 Å². The molecule has 2 heterocycles. The van der Waals surface area contributed by atoms with Gasteiger partial charge in [-0.05, 0) is 46.3 Å². The van der Waals surface area contributed by atoms with Crippen LogP contribution in [0, 0.1) is 0 Å². The van der Waals surface area contributed by atoms with Crippen molar-refractivity contribution in [2.24, 2.45) is 0 Å². The van der Waals surface area contributed by atoms with Gasteiger partial charge in [0.2, 0.25) is 0 Å². The molecule has 0 radical (unpaired) electrons. The van der Waals surface area contributed by atoms with E-state index in [1.807, 2.05) is 41.3 Å². The minimum absolute atomic E-state index is 0.0129. The molecule has 4 rings (SSSR count). The largest absolute Gasteiger partial charge is 0.497 e. The van der Waals surface area contributed by atoms with Gasteiger partial charge in [0, 0.05) is 30.4 Å². The van der Waals surface area contributed by atoms with Crippen LogP contribution in [0.4, 0.5) is 0 Å². The molecular formula is C20H19BrN2O4. The van der Waals surface area contributed by atoms with Crippen LogP contribution in [0.1, 0.15) is 23.2 Å². The van der Waals surface area contributed by atoms with Gasteiger partial charge in [-0.3, -0.25) is 4.79 Å². The van der Waals surface area contributed by atoms with E-state index in [9.17, 15) is 4.79 Å². The molecule has 0 unspecified atom stereocenters. The fraction of sp³-hybridized carbons (Fsp3) is 0.300. The lowest BCUT2D eigenvalue weighted by Crippen LogP contribution is -2.41. The zero-order valence-corrected chi connectivity index (χ0v) is 16.4. The number of para-hydroxylation sites is 2. The fourth-order valence-corrected chi connectivity index (χ4v) is 3.60. The van der Waals surface area contributed by atoms with Crippen molar-refractivity contribution in [2.75, 3.05) is 20.2 Å². The van der Waals surface area contributed by atoms with E-state index >= 15 is 0 Å². The second-order valence-corrected chi connectivity index (χ2v) is 7.26. The molecule has 1 fully saturated rings. The Bertz CT molecular complexity index is 931. The van der Waals surface area contributed by atoms with E-state index in [0.717, 1.165) is 22.8 Å². The monoisotopic (exact) mass is 430 g/mol. The summed E-state index contributed by atoms with van der Waals surface area (Å²) in [6.45, 7) is 1.24. The highest BCUT2D eigenvalue weighted by Gasteiger charge is 2.27. The number of piperidine rings is 1. The van der Waals surface area contributed by atoms with Crippen LogP contribution in [0.3, 0.4) is 0 Å². The number of likely N-dealkylation sites (tertiary alicyclic amines) is 1. The molecule has 7 heteroatoms. The van der Waals surface area contributed by atoms with Crippen LogP contribution >= 0.6 is 15.9 Å². The molecule has 1 aromatic heterocycles. The second kappa shape index (κ2) is 7.60. The van der Waals surface area contributed by atoms with Gasteiger partial charge >= 0.3 is 6.08 Å². The third-order valence-corrected chi connectivity index (χ3v) is 5.37. The number of oxazole rings is 1. The zero-order valence-electron chi connectivity index (χ0n) is 14.9. The van der Waals surface area contributed by atoms with Gasteiger partial charge in [-0.25, -0.2) is 0 Å². The van der Waals surface area contributed by atoms with Crippen LogP contribution in [0.15, 0.2) is 51.4 Å². The Morgan fingerprint density at radius 1 is 1.22 bits per heavy atom. The van der Waals surface area contributed by atoms with Gasteiger partial charge in [0.15, 0.2) is 5.58 Å². The average Bonchev–Trinajstić information content (AvgIpc) is 3.11. The van der Waals surface area contributed by atoms with Crippen molar-refractivity contribution in [3.8, 4) is 11.8 Å². The predicted octanol–water partition coefficient (Wildman–Crippen LogP) is 4.28. The minimum atomic E-state index is -0.0177. The maximum atomic E-state index is 12.8. The summed E-state index contributed by atoms with van der Waals surface area (Å²) in [6, 6.07) is 13.0. The molecule has 6 nitrogen and oxygen atoms in total. The zero-order chi connectivity index (χ0) is 18.8. The van der Waals surface area contributed by atoms with Crippen molar-refractivity contribution in [2.45, 2.75) is 18.9 Å². The SMILES string of the molecule is COc1ccc(Br)c(C(=O)N2CCC(Oc3nc4ccccc4o3)CC2)c1. The Kier molecular flexibility index (Phi) is 5.03. The number of rotatable bonds is 4. The van der Waals surface area contributed by atoms with E-state index in [0.29, 0.717) is 30.0 Å².